The third kappa shape index (κ3) is 8.08. The number of halogens is 3. The number of benzene rings is 2. The maximum absolute atomic E-state index is 13.0. The minimum Gasteiger partial charge on any atom is -0.385 e. The summed E-state index contributed by atoms with van der Waals surface area (Å²) in [7, 11) is 0. The summed E-state index contributed by atoms with van der Waals surface area (Å²) in [4.78, 5) is 2.58. The number of nitrogens with one attached hydrogen (secondary N) is 1. The molecule has 1 aliphatic rings. The van der Waals surface area contributed by atoms with Crippen molar-refractivity contribution in [2.75, 3.05) is 31.5 Å². The number of hydrogen-bond donors (Lipinski definition) is 1. The summed E-state index contributed by atoms with van der Waals surface area (Å²) >= 11 is 0. The molecule has 1 aliphatic heterocycles. The SMILES string of the molecule is Cc1ccc(NCCCN2CCC(Cc3ccc(F)cc3)CC2)cc1.Cl.Cl. The number of piperidine rings is 1. The number of likely N-dealkylation sites (tertiary alicyclic amines) is 1. The van der Waals surface area contributed by atoms with E-state index in [0.717, 1.165) is 18.9 Å². The minimum atomic E-state index is -0.141. The first kappa shape index (κ1) is 23.7. The minimum absolute atomic E-state index is 0. The molecule has 0 amide bonds. The standard InChI is InChI=1S/C22H29FN2.2ClH/c1-18-3-9-22(10-4-18)24-13-2-14-25-15-11-20(12-16-25)17-19-5-7-21(23)8-6-19;;/h3-10,20,24H,2,11-17H2,1H3;2*1H. The van der Waals surface area contributed by atoms with E-state index in [1.807, 2.05) is 12.1 Å². The topological polar surface area (TPSA) is 15.3 Å². The highest BCUT2D eigenvalue weighted by Crippen LogP contribution is 2.22. The van der Waals surface area contributed by atoms with E-state index in [1.54, 1.807) is 12.1 Å². The molecule has 0 aliphatic carbocycles. The Morgan fingerprint density at radius 2 is 1.59 bits per heavy atom. The second kappa shape index (κ2) is 12.2. The molecule has 0 unspecified atom stereocenters. The second-order valence-corrected chi connectivity index (χ2v) is 7.26. The van der Waals surface area contributed by atoms with Crippen molar-refractivity contribution in [2.45, 2.75) is 32.6 Å². The van der Waals surface area contributed by atoms with Gasteiger partial charge in [0, 0.05) is 12.2 Å². The van der Waals surface area contributed by atoms with Crippen molar-refractivity contribution in [1.82, 2.24) is 4.90 Å². The van der Waals surface area contributed by atoms with Gasteiger partial charge in [-0.3, -0.25) is 0 Å². The van der Waals surface area contributed by atoms with E-state index >= 15 is 0 Å². The van der Waals surface area contributed by atoms with Crippen molar-refractivity contribution in [3.8, 4) is 0 Å². The lowest BCUT2D eigenvalue weighted by Crippen LogP contribution is -2.35. The normalized spacial score (nSPS) is 14.9. The molecule has 0 aromatic heterocycles. The van der Waals surface area contributed by atoms with Gasteiger partial charge in [0.15, 0.2) is 0 Å². The Morgan fingerprint density at radius 3 is 2.22 bits per heavy atom. The van der Waals surface area contributed by atoms with Gasteiger partial charge in [0.2, 0.25) is 0 Å². The maximum Gasteiger partial charge on any atom is 0.123 e. The third-order valence-corrected chi connectivity index (χ3v) is 5.18. The van der Waals surface area contributed by atoms with Crippen LogP contribution < -0.4 is 5.32 Å². The van der Waals surface area contributed by atoms with Crippen LogP contribution in [0.2, 0.25) is 0 Å². The van der Waals surface area contributed by atoms with Crippen molar-refractivity contribution in [3.63, 3.8) is 0 Å². The van der Waals surface area contributed by atoms with Gasteiger partial charge in [0.1, 0.15) is 5.82 Å². The highest BCUT2D eigenvalue weighted by molar-refractivity contribution is 5.85. The molecule has 0 spiro atoms. The largest absolute Gasteiger partial charge is 0.385 e. The molecule has 3 rings (SSSR count). The predicted octanol–water partition coefficient (Wildman–Crippen LogP) is 5.73. The van der Waals surface area contributed by atoms with Crippen LogP contribution in [-0.4, -0.2) is 31.1 Å². The van der Waals surface area contributed by atoms with Gasteiger partial charge in [-0.05, 0) is 88.0 Å². The van der Waals surface area contributed by atoms with Gasteiger partial charge < -0.3 is 10.2 Å². The zero-order valence-electron chi connectivity index (χ0n) is 16.0. The van der Waals surface area contributed by atoms with Crippen LogP contribution in [-0.2, 0) is 6.42 Å². The fraction of sp³-hybridized carbons (Fsp3) is 0.455. The van der Waals surface area contributed by atoms with Crippen molar-refractivity contribution in [1.29, 1.82) is 0 Å². The molecule has 27 heavy (non-hydrogen) atoms. The summed E-state index contributed by atoms with van der Waals surface area (Å²) < 4.78 is 13.0. The van der Waals surface area contributed by atoms with Gasteiger partial charge >= 0.3 is 0 Å². The zero-order chi connectivity index (χ0) is 17.5. The molecule has 2 nitrogen and oxygen atoms in total. The highest BCUT2D eigenvalue weighted by Gasteiger charge is 2.19. The summed E-state index contributed by atoms with van der Waals surface area (Å²) in [5.41, 5.74) is 3.78. The Bertz CT molecular complexity index is 636. The zero-order valence-corrected chi connectivity index (χ0v) is 17.6. The van der Waals surface area contributed by atoms with Crippen molar-refractivity contribution < 1.29 is 4.39 Å². The van der Waals surface area contributed by atoms with Crippen LogP contribution in [0.5, 0.6) is 0 Å². The average molecular weight is 413 g/mol. The molecule has 0 saturated carbocycles. The first-order chi connectivity index (χ1) is 12.2. The molecular weight excluding hydrogens is 382 g/mol. The lowest BCUT2D eigenvalue weighted by molar-refractivity contribution is 0.183. The van der Waals surface area contributed by atoms with E-state index in [-0.39, 0.29) is 30.6 Å². The Balaban J connectivity index is 0.00000182. The van der Waals surface area contributed by atoms with E-state index in [2.05, 4.69) is 41.4 Å². The fourth-order valence-electron chi connectivity index (χ4n) is 3.57. The van der Waals surface area contributed by atoms with Gasteiger partial charge in [0.25, 0.3) is 0 Å². The molecule has 0 bridgehead atoms. The van der Waals surface area contributed by atoms with Gasteiger partial charge in [-0.1, -0.05) is 29.8 Å². The molecule has 0 atom stereocenters. The Morgan fingerprint density at radius 1 is 0.963 bits per heavy atom. The van der Waals surface area contributed by atoms with E-state index in [1.165, 1.54) is 55.7 Å². The van der Waals surface area contributed by atoms with Crippen LogP contribution in [0.15, 0.2) is 48.5 Å². The van der Waals surface area contributed by atoms with Gasteiger partial charge in [-0.2, -0.15) is 0 Å². The third-order valence-electron chi connectivity index (χ3n) is 5.18. The van der Waals surface area contributed by atoms with Crippen molar-refractivity contribution >= 4 is 30.5 Å². The van der Waals surface area contributed by atoms with Crippen LogP contribution in [0.4, 0.5) is 10.1 Å². The molecule has 1 heterocycles. The molecule has 2 aromatic carbocycles. The lowest BCUT2D eigenvalue weighted by atomic mass is 9.90. The summed E-state index contributed by atoms with van der Waals surface area (Å²) in [6.45, 7) is 6.69. The predicted molar refractivity (Wildman–Crippen MR) is 118 cm³/mol. The molecule has 0 radical (unpaired) electrons. The smallest absolute Gasteiger partial charge is 0.123 e. The van der Waals surface area contributed by atoms with Gasteiger partial charge in [0.05, 0.1) is 0 Å². The quantitative estimate of drug-likeness (QED) is 0.583. The summed E-state index contributed by atoms with van der Waals surface area (Å²) in [6, 6.07) is 15.6. The van der Waals surface area contributed by atoms with E-state index < -0.39 is 0 Å². The highest BCUT2D eigenvalue weighted by atomic mass is 35.5. The Labute approximate surface area is 175 Å². The summed E-state index contributed by atoms with van der Waals surface area (Å²) in [6.07, 6.45) is 4.77. The maximum atomic E-state index is 13.0. The lowest BCUT2D eigenvalue weighted by Gasteiger charge is -2.32. The van der Waals surface area contributed by atoms with Crippen LogP contribution in [0.3, 0.4) is 0 Å². The first-order valence-corrected chi connectivity index (χ1v) is 9.46. The monoisotopic (exact) mass is 412 g/mol. The van der Waals surface area contributed by atoms with E-state index in [0.29, 0.717) is 0 Å². The molecule has 2 aromatic rings. The van der Waals surface area contributed by atoms with Gasteiger partial charge in [-0.25, -0.2) is 4.39 Å². The Kier molecular flexibility index (Phi) is 10.8. The molecule has 1 N–H and O–H groups in total. The number of hydrogen-bond acceptors (Lipinski definition) is 2. The summed E-state index contributed by atoms with van der Waals surface area (Å²) in [5, 5.41) is 3.50. The molecule has 5 heteroatoms. The number of anilines is 1. The summed E-state index contributed by atoms with van der Waals surface area (Å²) in [5.74, 6) is 0.602. The van der Waals surface area contributed by atoms with Crippen LogP contribution in [0.25, 0.3) is 0 Å². The Hall–Kier alpha value is -1.29. The second-order valence-electron chi connectivity index (χ2n) is 7.26. The first-order valence-electron chi connectivity index (χ1n) is 9.46. The van der Waals surface area contributed by atoms with Crippen molar-refractivity contribution in [3.05, 3.63) is 65.5 Å². The van der Waals surface area contributed by atoms with Crippen LogP contribution in [0.1, 0.15) is 30.4 Å². The van der Waals surface area contributed by atoms with E-state index in [9.17, 15) is 4.39 Å². The van der Waals surface area contributed by atoms with Crippen LogP contribution in [0, 0.1) is 18.7 Å². The number of aryl methyl sites for hydroxylation is 1. The molecule has 1 saturated heterocycles. The number of nitrogens with zero attached hydrogens (tertiary/aromatic N) is 1. The van der Waals surface area contributed by atoms with E-state index in [4.69, 9.17) is 0 Å². The molecular formula is C22H31Cl2FN2. The molecule has 1 fully saturated rings. The fourth-order valence-corrected chi connectivity index (χ4v) is 3.57. The van der Waals surface area contributed by atoms with Crippen LogP contribution >= 0.6 is 24.8 Å². The number of rotatable bonds is 7. The molecule has 150 valence electrons. The van der Waals surface area contributed by atoms with Crippen molar-refractivity contribution in [2.24, 2.45) is 5.92 Å². The average Bonchev–Trinajstić information content (AvgIpc) is 2.63. The van der Waals surface area contributed by atoms with Gasteiger partial charge in [-0.15, -0.1) is 24.8 Å².